The van der Waals surface area contributed by atoms with Crippen molar-refractivity contribution in [3.05, 3.63) is 101 Å². The molecule has 43 heavy (non-hydrogen) atoms. The number of ether oxygens (including phenoxy) is 2. The minimum Gasteiger partial charge on any atom is -0.467 e. The third kappa shape index (κ3) is 9.24. The monoisotopic (exact) mass is 599 g/mol. The van der Waals surface area contributed by atoms with Crippen molar-refractivity contribution in [1.29, 1.82) is 0 Å². The number of alkyl halides is 3. The van der Waals surface area contributed by atoms with Crippen LogP contribution in [0.15, 0.2) is 72.8 Å². The summed E-state index contributed by atoms with van der Waals surface area (Å²) in [4.78, 5) is 50.7. The highest BCUT2D eigenvalue weighted by Gasteiger charge is 2.32. The molecule has 0 saturated heterocycles. The second-order valence-electron chi connectivity index (χ2n) is 10.8. The number of aliphatic hydroxyl groups excluding tert-OH is 1. The van der Waals surface area contributed by atoms with E-state index in [9.17, 15) is 37.5 Å². The Labute approximate surface area is 246 Å². The topological polar surface area (TPSA) is 119 Å². The van der Waals surface area contributed by atoms with Crippen LogP contribution < -0.4 is 10.1 Å². The smallest absolute Gasteiger partial charge is 0.467 e. The highest BCUT2D eigenvalue weighted by Crippen LogP contribution is 2.30. The number of Topliss-reactive ketones (excluding diaryl/α,β-unsaturated/α-hetero) is 2. The molecule has 0 aliphatic carbocycles. The van der Waals surface area contributed by atoms with E-state index in [0.29, 0.717) is 11.1 Å². The predicted octanol–water partition coefficient (Wildman–Crippen LogP) is 5.39. The average Bonchev–Trinajstić information content (AvgIpc) is 2.97. The van der Waals surface area contributed by atoms with Gasteiger partial charge in [-0.3, -0.25) is 14.4 Å². The molecule has 11 heteroatoms. The van der Waals surface area contributed by atoms with Crippen molar-refractivity contribution in [1.82, 2.24) is 5.32 Å². The second kappa shape index (κ2) is 13.6. The number of carbonyl (C=O) groups excluding carboxylic acids is 4. The number of halogens is 3. The molecule has 8 nitrogen and oxygen atoms in total. The molecule has 2 N–H and O–H groups in total. The number of ketones is 2. The Kier molecular flexibility index (Phi) is 10.5. The number of methoxy groups -OCH3 is 1. The molecule has 0 fully saturated rings. The van der Waals surface area contributed by atoms with Gasteiger partial charge >= 0.3 is 12.3 Å². The molecule has 0 saturated carbocycles. The van der Waals surface area contributed by atoms with Gasteiger partial charge in [0.05, 0.1) is 19.6 Å². The molecule has 0 radical (unpaired) electrons. The number of nitrogens with one attached hydrogen (secondary N) is 1. The summed E-state index contributed by atoms with van der Waals surface area (Å²) in [5.74, 6) is -3.88. The van der Waals surface area contributed by atoms with Crippen molar-refractivity contribution in [2.45, 2.75) is 51.0 Å². The number of amides is 1. The number of esters is 1. The lowest BCUT2D eigenvalue weighted by molar-refractivity contribution is -0.274. The molecule has 0 spiro atoms. The molecular formula is C32H32F3NO7. The Morgan fingerprint density at radius 3 is 1.86 bits per heavy atom. The second-order valence-corrected chi connectivity index (χ2v) is 10.8. The van der Waals surface area contributed by atoms with Crippen LogP contribution in [0.2, 0.25) is 0 Å². The summed E-state index contributed by atoms with van der Waals surface area (Å²) < 4.78 is 46.3. The van der Waals surface area contributed by atoms with E-state index in [-0.39, 0.29) is 35.3 Å². The first-order valence-corrected chi connectivity index (χ1v) is 13.3. The van der Waals surface area contributed by atoms with Crippen LogP contribution in [0.1, 0.15) is 75.3 Å². The summed E-state index contributed by atoms with van der Waals surface area (Å²) >= 11 is 0. The van der Waals surface area contributed by atoms with Gasteiger partial charge in [-0.15, -0.1) is 13.2 Å². The van der Waals surface area contributed by atoms with Crippen LogP contribution >= 0.6 is 0 Å². The van der Waals surface area contributed by atoms with E-state index in [4.69, 9.17) is 0 Å². The number of hydrogen-bond acceptors (Lipinski definition) is 7. The average molecular weight is 600 g/mol. The van der Waals surface area contributed by atoms with E-state index in [1.807, 2.05) is 32.9 Å². The van der Waals surface area contributed by atoms with Crippen LogP contribution in [-0.4, -0.2) is 54.7 Å². The quantitative estimate of drug-likeness (QED) is 0.224. The predicted molar refractivity (Wildman–Crippen MR) is 151 cm³/mol. The number of carbonyl (C=O) groups is 4. The standard InChI is InChI=1S/C32H32F3NO7/c1-31(2,3)23-13-9-20(10-14-23)26(37)17-25(19-11-15-24(16-12-19)43-32(33,34)35)28(39)21-5-7-22(8-6-21)29(40)36-18-27(38)30(41)42-4/h5-16,25,27,38H,17-18H2,1-4H3,(H,36,40)/t25?,27-/m1/s1. The highest BCUT2D eigenvalue weighted by molar-refractivity contribution is 6.06. The van der Waals surface area contributed by atoms with E-state index in [0.717, 1.165) is 24.8 Å². The van der Waals surface area contributed by atoms with Crippen LogP contribution in [-0.2, 0) is 14.9 Å². The molecule has 3 rings (SSSR count). The number of rotatable bonds is 11. The fourth-order valence-electron chi connectivity index (χ4n) is 4.22. The van der Waals surface area contributed by atoms with Gasteiger partial charge in [-0.25, -0.2) is 4.79 Å². The Hall–Kier alpha value is -4.51. The van der Waals surface area contributed by atoms with Crippen LogP contribution in [0.4, 0.5) is 13.2 Å². The Balaban J connectivity index is 1.85. The first-order valence-electron chi connectivity index (χ1n) is 13.3. The van der Waals surface area contributed by atoms with Gasteiger partial charge in [-0.05, 0) is 40.8 Å². The van der Waals surface area contributed by atoms with Crippen LogP contribution in [0.25, 0.3) is 0 Å². The fourth-order valence-corrected chi connectivity index (χ4v) is 4.22. The van der Waals surface area contributed by atoms with Crippen molar-refractivity contribution >= 4 is 23.4 Å². The zero-order valence-corrected chi connectivity index (χ0v) is 24.0. The van der Waals surface area contributed by atoms with Crippen LogP contribution in [0.3, 0.4) is 0 Å². The molecule has 1 unspecified atom stereocenters. The number of hydrogen-bond donors (Lipinski definition) is 2. The molecule has 0 bridgehead atoms. The minimum atomic E-state index is -4.89. The third-order valence-corrected chi connectivity index (χ3v) is 6.66. The third-order valence-electron chi connectivity index (χ3n) is 6.66. The zero-order chi connectivity index (χ0) is 31.9. The molecule has 3 aromatic carbocycles. The van der Waals surface area contributed by atoms with Crippen LogP contribution in [0.5, 0.6) is 5.75 Å². The normalized spacial score (nSPS) is 13.0. The van der Waals surface area contributed by atoms with Gasteiger partial charge in [0.2, 0.25) is 0 Å². The Morgan fingerprint density at radius 1 is 0.814 bits per heavy atom. The van der Waals surface area contributed by atoms with Crippen molar-refractivity contribution < 1.29 is 46.9 Å². The largest absolute Gasteiger partial charge is 0.573 e. The summed E-state index contributed by atoms with van der Waals surface area (Å²) in [5.41, 5.74) is 1.85. The highest BCUT2D eigenvalue weighted by atomic mass is 19.4. The summed E-state index contributed by atoms with van der Waals surface area (Å²) in [6.45, 7) is 5.71. The number of aliphatic hydroxyl groups is 1. The van der Waals surface area contributed by atoms with Gasteiger partial charge in [-0.1, -0.05) is 69.3 Å². The molecule has 0 aliphatic heterocycles. The lowest BCUT2D eigenvalue weighted by atomic mass is 9.84. The maximum absolute atomic E-state index is 13.7. The summed E-state index contributed by atoms with van der Waals surface area (Å²) in [5, 5.41) is 12.0. The molecular weight excluding hydrogens is 567 g/mol. The molecule has 2 atom stereocenters. The Morgan fingerprint density at radius 2 is 1.35 bits per heavy atom. The van der Waals surface area contributed by atoms with Gasteiger partial charge in [0, 0.05) is 23.1 Å². The zero-order valence-electron chi connectivity index (χ0n) is 24.0. The molecule has 1 amide bonds. The summed E-state index contributed by atoms with van der Waals surface area (Å²) in [6.07, 6.45) is -6.70. The lowest BCUT2D eigenvalue weighted by Gasteiger charge is -2.20. The maximum Gasteiger partial charge on any atom is 0.573 e. The van der Waals surface area contributed by atoms with Crippen molar-refractivity contribution in [3.8, 4) is 5.75 Å². The van der Waals surface area contributed by atoms with E-state index in [2.05, 4.69) is 14.8 Å². The first kappa shape index (κ1) is 33.0. The molecule has 3 aromatic rings. The van der Waals surface area contributed by atoms with Crippen LogP contribution in [0, 0.1) is 0 Å². The van der Waals surface area contributed by atoms with E-state index >= 15 is 0 Å². The lowest BCUT2D eigenvalue weighted by Crippen LogP contribution is -2.37. The van der Waals surface area contributed by atoms with Gasteiger partial charge in [-0.2, -0.15) is 0 Å². The van der Waals surface area contributed by atoms with E-state index in [1.165, 1.54) is 36.4 Å². The van der Waals surface area contributed by atoms with Crippen molar-refractivity contribution in [3.63, 3.8) is 0 Å². The molecule has 0 aromatic heterocycles. The van der Waals surface area contributed by atoms with Crippen molar-refractivity contribution in [2.24, 2.45) is 0 Å². The number of benzene rings is 3. The Bertz CT molecular complexity index is 1440. The fraction of sp³-hybridized carbons (Fsp3) is 0.312. The molecule has 228 valence electrons. The molecule has 0 heterocycles. The maximum atomic E-state index is 13.7. The summed E-state index contributed by atoms with van der Waals surface area (Å²) in [6, 6.07) is 17.2. The SMILES string of the molecule is COC(=O)[C@H](O)CNC(=O)c1ccc(C(=O)C(CC(=O)c2ccc(C(C)(C)C)cc2)c2ccc(OC(F)(F)F)cc2)cc1. The van der Waals surface area contributed by atoms with Gasteiger partial charge < -0.3 is 19.9 Å². The molecule has 0 aliphatic rings. The first-order chi connectivity index (χ1) is 20.1. The minimum absolute atomic E-state index is 0.133. The van der Waals surface area contributed by atoms with E-state index in [1.54, 1.807) is 12.1 Å². The van der Waals surface area contributed by atoms with Gasteiger partial charge in [0.25, 0.3) is 5.91 Å². The van der Waals surface area contributed by atoms with Gasteiger partial charge in [0.1, 0.15) is 5.75 Å². The summed E-state index contributed by atoms with van der Waals surface area (Å²) in [7, 11) is 1.09. The van der Waals surface area contributed by atoms with E-state index < -0.39 is 41.8 Å². The van der Waals surface area contributed by atoms with Gasteiger partial charge in [0.15, 0.2) is 17.7 Å². The van der Waals surface area contributed by atoms with Crippen molar-refractivity contribution in [2.75, 3.05) is 13.7 Å².